The van der Waals surface area contributed by atoms with Gasteiger partial charge < -0.3 is 26.0 Å². The maximum atomic E-state index is 11.8. The summed E-state index contributed by atoms with van der Waals surface area (Å²) in [7, 11) is 0. The van der Waals surface area contributed by atoms with E-state index in [0.717, 1.165) is 0 Å². The van der Waals surface area contributed by atoms with E-state index in [-0.39, 0.29) is 32.5 Å². The number of nitrogens with two attached hydrogens (primary N) is 1. The largest absolute Gasteiger partial charge is 0.481 e. The number of carboxylic acid groups (broad SMARTS) is 2. The highest BCUT2D eigenvalue weighted by Crippen LogP contribution is 2.12. The highest BCUT2D eigenvalue weighted by Gasteiger charge is 2.33. The van der Waals surface area contributed by atoms with E-state index in [1.54, 1.807) is 0 Å². The summed E-state index contributed by atoms with van der Waals surface area (Å²) in [6.07, 6.45) is 0.113. The second-order valence-electron chi connectivity index (χ2n) is 4.49. The molecule has 1 rings (SSSR count). The Bertz CT molecular complexity index is 359. The van der Waals surface area contributed by atoms with Crippen LogP contribution < -0.4 is 11.1 Å². The Morgan fingerprint density at radius 3 is 2.47 bits per heavy atom. The second-order valence-corrected chi connectivity index (χ2v) is 4.49. The summed E-state index contributed by atoms with van der Waals surface area (Å²) in [6.45, 7) is 0.448. The molecule has 0 spiro atoms. The molecular formula is C11H18N2O6. The van der Waals surface area contributed by atoms with Crippen LogP contribution >= 0.6 is 0 Å². The van der Waals surface area contributed by atoms with Crippen LogP contribution in [0, 0.1) is 5.92 Å². The van der Waals surface area contributed by atoms with Crippen LogP contribution in [0.4, 0.5) is 0 Å². The number of carbonyl (C=O) groups is 3. The van der Waals surface area contributed by atoms with Gasteiger partial charge in [-0.25, -0.2) is 4.79 Å². The molecule has 108 valence electrons. The molecule has 8 heteroatoms. The number of carboxylic acids is 2. The molecule has 0 aromatic carbocycles. The molecule has 0 bridgehead atoms. The first-order valence-corrected chi connectivity index (χ1v) is 6.00. The van der Waals surface area contributed by atoms with Gasteiger partial charge in [-0.3, -0.25) is 9.59 Å². The van der Waals surface area contributed by atoms with E-state index in [1.165, 1.54) is 0 Å². The molecule has 1 aliphatic rings. The number of hydrogen-bond acceptors (Lipinski definition) is 5. The summed E-state index contributed by atoms with van der Waals surface area (Å²) in [5.74, 6) is -3.21. The molecule has 8 nitrogen and oxygen atoms in total. The second kappa shape index (κ2) is 7.05. The number of rotatable bonds is 7. The molecule has 0 saturated carbocycles. The first-order valence-electron chi connectivity index (χ1n) is 6.00. The summed E-state index contributed by atoms with van der Waals surface area (Å²) in [4.78, 5) is 33.2. The predicted octanol–water partition coefficient (Wildman–Crippen LogP) is -1.22. The molecular weight excluding hydrogens is 256 g/mol. The Hall–Kier alpha value is -1.67. The molecule has 19 heavy (non-hydrogen) atoms. The smallest absolute Gasteiger partial charge is 0.326 e. The molecule has 1 saturated heterocycles. The van der Waals surface area contributed by atoms with Gasteiger partial charge in [0.05, 0.1) is 19.1 Å². The van der Waals surface area contributed by atoms with Crippen LogP contribution in [0.1, 0.15) is 19.3 Å². The van der Waals surface area contributed by atoms with Crippen LogP contribution in [0.15, 0.2) is 0 Å². The van der Waals surface area contributed by atoms with E-state index in [4.69, 9.17) is 20.7 Å². The average Bonchev–Trinajstić information content (AvgIpc) is 2.73. The average molecular weight is 274 g/mol. The molecule has 5 N–H and O–H groups in total. The Kier molecular flexibility index (Phi) is 5.71. The van der Waals surface area contributed by atoms with Crippen LogP contribution in [-0.2, 0) is 19.1 Å². The normalized spacial score (nSPS) is 23.8. The van der Waals surface area contributed by atoms with Crippen molar-refractivity contribution in [3.63, 3.8) is 0 Å². The molecule has 1 fully saturated rings. The van der Waals surface area contributed by atoms with Crippen molar-refractivity contribution in [3.05, 3.63) is 0 Å². The van der Waals surface area contributed by atoms with Crippen molar-refractivity contribution in [3.8, 4) is 0 Å². The van der Waals surface area contributed by atoms with E-state index < -0.39 is 35.8 Å². The Labute approximate surface area is 109 Å². The monoisotopic (exact) mass is 274 g/mol. The highest BCUT2D eigenvalue weighted by molar-refractivity contribution is 5.85. The zero-order valence-corrected chi connectivity index (χ0v) is 10.4. The van der Waals surface area contributed by atoms with Gasteiger partial charge in [-0.1, -0.05) is 0 Å². The van der Waals surface area contributed by atoms with Gasteiger partial charge in [0.1, 0.15) is 6.04 Å². The summed E-state index contributed by atoms with van der Waals surface area (Å²) < 4.78 is 5.03. The standard InChI is InChI=1S/C11H18N2O6/c12-7-5-19-4-6(7)10(16)13-8(11(17)18)2-1-3-9(14)15/h6-8H,1-5,12H2,(H,13,16)(H,14,15)(H,17,18)/t6?,7?,8-/m1/s1. The first kappa shape index (κ1) is 15.4. The number of nitrogens with one attached hydrogen (secondary N) is 1. The Morgan fingerprint density at radius 2 is 2.00 bits per heavy atom. The van der Waals surface area contributed by atoms with Crippen molar-refractivity contribution in [2.75, 3.05) is 13.2 Å². The summed E-state index contributed by atoms with van der Waals surface area (Å²) in [5, 5.41) is 19.8. The molecule has 2 unspecified atom stereocenters. The third-order valence-corrected chi connectivity index (χ3v) is 2.96. The van der Waals surface area contributed by atoms with Crippen LogP contribution in [0.3, 0.4) is 0 Å². The van der Waals surface area contributed by atoms with E-state index in [2.05, 4.69) is 5.32 Å². The number of ether oxygens (including phenoxy) is 1. The van der Waals surface area contributed by atoms with Gasteiger partial charge in [0.15, 0.2) is 0 Å². The van der Waals surface area contributed by atoms with Gasteiger partial charge in [-0.2, -0.15) is 0 Å². The quantitative estimate of drug-likeness (QED) is 0.456. The summed E-state index contributed by atoms with van der Waals surface area (Å²) in [5.41, 5.74) is 5.66. The third kappa shape index (κ3) is 4.84. The van der Waals surface area contributed by atoms with Gasteiger partial charge in [0.2, 0.25) is 5.91 Å². The van der Waals surface area contributed by atoms with Crippen molar-refractivity contribution in [1.82, 2.24) is 5.32 Å². The van der Waals surface area contributed by atoms with Crippen LogP contribution in [0.25, 0.3) is 0 Å². The molecule has 1 aliphatic heterocycles. The summed E-state index contributed by atoms with van der Waals surface area (Å²) >= 11 is 0. The Balaban J connectivity index is 2.46. The number of aliphatic carboxylic acids is 2. The molecule has 3 atom stereocenters. The Morgan fingerprint density at radius 1 is 1.32 bits per heavy atom. The lowest BCUT2D eigenvalue weighted by atomic mass is 10.0. The lowest BCUT2D eigenvalue weighted by Crippen LogP contribution is -2.47. The van der Waals surface area contributed by atoms with Gasteiger partial charge in [-0.15, -0.1) is 0 Å². The van der Waals surface area contributed by atoms with E-state index in [0.29, 0.717) is 0 Å². The van der Waals surface area contributed by atoms with E-state index >= 15 is 0 Å². The highest BCUT2D eigenvalue weighted by atomic mass is 16.5. The summed E-state index contributed by atoms with van der Waals surface area (Å²) in [6, 6.07) is -1.53. The first-order chi connectivity index (χ1) is 8.91. The van der Waals surface area contributed by atoms with Crippen molar-refractivity contribution < 1.29 is 29.3 Å². The number of carbonyl (C=O) groups excluding carboxylic acids is 1. The minimum atomic E-state index is -1.19. The van der Waals surface area contributed by atoms with Crippen molar-refractivity contribution >= 4 is 17.8 Å². The number of amides is 1. The van der Waals surface area contributed by atoms with Crippen LogP contribution in [-0.4, -0.2) is 53.4 Å². The fourth-order valence-electron chi connectivity index (χ4n) is 1.83. The van der Waals surface area contributed by atoms with Crippen molar-refractivity contribution in [2.24, 2.45) is 11.7 Å². The van der Waals surface area contributed by atoms with Gasteiger partial charge in [0.25, 0.3) is 0 Å². The third-order valence-electron chi connectivity index (χ3n) is 2.96. The molecule has 0 aromatic heterocycles. The predicted molar refractivity (Wildman–Crippen MR) is 63.3 cm³/mol. The maximum absolute atomic E-state index is 11.8. The lowest BCUT2D eigenvalue weighted by Gasteiger charge is -2.18. The zero-order chi connectivity index (χ0) is 14.4. The van der Waals surface area contributed by atoms with Gasteiger partial charge >= 0.3 is 11.9 Å². The minimum Gasteiger partial charge on any atom is -0.481 e. The molecule has 0 radical (unpaired) electrons. The van der Waals surface area contributed by atoms with E-state index in [1.807, 2.05) is 0 Å². The van der Waals surface area contributed by atoms with Gasteiger partial charge in [-0.05, 0) is 12.8 Å². The maximum Gasteiger partial charge on any atom is 0.326 e. The molecule has 0 aromatic rings. The van der Waals surface area contributed by atoms with Crippen LogP contribution in [0.5, 0.6) is 0 Å². The fourth-order valence-corrected chi connectivity index (χ4v) is 1.83. The molecule has 0 aliphatic carbocycles. The van der Waals surface area contributed by atoms with Crippen molar-refractivity contribution in [1.29, 1.82) is 0 Å². The zero-order valence-electron chi connectivity index (χ0n) is 10.4. The van der Waals surface area contributed by atoms with Gasteiger partial charge in [0, 0.05) is 12.5 Å². The molecule has 1 heterocycles. The van der Waals surface area contributed by atoms with E-state index in [9.17, 15) is 14.4 Å². The number of hydrogen-bond donors (Lipinski definition) is 4. The molecule has 1 amide bonds. The fraction of sp³-hybridized carbons (Fsp3) is 0.727. The SMILES string of the molecule is NC1COCC1C(=O)N[C@H](CCCC(=O)O)C(=O)O. The lowest BCUT2D eigenvalue weighted by molar-refractivity contribution is -0.143. The van der Waals surface area contributed by atoms with Crippen molar-refractivity contribution in [2.45, 2.75) is 31.3 Å². The topological polar surface area (TPSA) is 139 Å². The van der Waals surface area contributed by atoms with Crippen LogP contribution in [0.2, 0.25) is 0 Å². The minimum absolute atomic E-state index is 0.0657.